The van der Waals surface area contributed by atoms with E-state index >= 15 is 0 Å². The van der Waals surface area contributed by atoms with Crippen molar-refractivity contribution in [1.82, 2.24) is 19.6 Å². The van der Waals surface area contributed by atoms with Gasteiger partial charge in [0.25, 0.3) is 6.47 Å². The molecular weight excluding hydrogens is 308 g/mol. The number of rotatable bonds is 5. The average molecular weight is 336 g/mol. The van der Waals surface area contributed by atoms with Gasteiger partial charge in [0, 0.05) is 38.6 Å². The zero-order chi connectivity index (χ0) is 17.8. The molecule has 0 unspecified atom stereocenters. The molecule has 0 radical (unpaired) electrons. The summed E-state index contributed by atoms with van der Waals surface area (Å²) >= 11 is 0. The molecule has 1 aromatic rings. The van der Waals surface area contributed by atoms with Gasteiger partial charge in [0.15, 0.2) is 0 Å². The highest BCUT2D eigenvalue weighted by molar-refractivity contribution is 5.75. The first-order chi connectivity index (χ1) is 11.6. The Kier molecular flexibility index (Phi) is 9.45. The molecule has 0 aliphatic carbocycles. The van der Waals surface area contributed by atoms with Gasteiger partial charge in [-0.2, -0.15) is 5.10 Å². The topological polar surface area (TPSA) is 78.7 Å². The maximum atomic E-state index is 12.3. The van der Waals surface area contributed by atoms with Crippen molar-refractivity contribution in [2.24, 2.45) is 0 Å². The highest BCUT2D eigenvalue weighted by Gasteiger charge is 2.18. The minimum Gasteiger partial charge on any atom is -0.483 e. The van der Waals surface area contributed by atoms with E-state index in [-0.39, 0.29) is 12.4 Å². The minimum absolute atomic E-state index is 0.171. The van der Waals surface area contributed by atoms with Gasteiger partial charge >= 0.3 is 0 Å². The molecule has 24 heavy (non-hydrogen) atoms. The van der Waals surface area contributed by atoms with Crippen LogP contribution in [0.3, 0.4) is 0 Å². The Balaban J connectivity index is 0.000000891. The van der Waals surface area contributed by atoms with E-state index in [0.717, 1.165) is 45.6 Å². The van der Waals surface area contributed by atoms with Crippen LogP contribution in [0.1, 0.15) is 26.7 Å². The van der Waals surface area contributed by atoms with Crippen LogP contribution in [0.4, 0.5) is 0 Å². The van der Waals surface area contributed by atoms with E-state index in [4.69, 9.17) is 9.90 Å². The van der Waals surface area contributed by atoms with Crippen molar-refractivity contribution in [3.63, 3.8) is 0 Å². The van der Waals surface area contributed by atoms with Crippen LogP contribution in [-0.2, 0) is 16.1 Å². The molecule has 2 heterocycles. The lowest BCUT2D eigenvalue weighted by Gasteiger charge is -2.21. The normalized spacial score (nSPS) is 15.0. The molecule has 7 heteroatoms. The fourth-order valence-corrected chi connectivity index (χ4v) is 2.61. The summed E-state index contributed by atoms with van der Waals surface area (Å²) in [6.07, 6.45) is 7.98. The number of hydrogen-bond acceptors (Lipinski definition) is 4. The van der Waals surface area contributed by atoms with Crippen molar-refractivity contribution in [3.05, 3.63) is 30.1 Å². The lowest BCUT2D eigenvalue weighted by atomic mass is 10.2. The first-order valence-corrected chi connectivity index (χ1v) is 8.25. The fraction of sp³-hybridized carbons (Fsp3) is 0.588. The Labute approximate surface area is 143 Å². The van der Waals surface area contributed by atoms with Crippen LogP contribution in [0.2, 0.25) is 0 Å². The second-order valence-corrected chi connectivity index (χ2v) is 5.96. The van der Waals surface area contributed by atoms with Crippen molar-refractivity contribution in [2.75, 3.05) is 32.7 Å². The predicted octanol–water partition coefficient (Wildman–Crippen LogP) is 1.47. The van der Waals surface area contributed by atoms with Crippen LogP contribution < -0.4 is 0 Å². The van der Waals surface area contributed by atoms with E-state index in [0.29, 0.717) is 6.54 Å². The van der Waals surface area contributed by atoms with Crippen molar-refractivity contribution < 1.29 is 14.7 Å². The summed E-state index contributed by atoms with van der Waals surface area (Å²) in [6.45, 7) is 9.21. The maximum Gasteiger partial charge on any atom is 0.290 e. The van der Waals surface area contributed by atoms with Crippen LogP contribution in [-0.4, -0.2) is 69.8 Å². The molecule has 1 N–H and O–H groups in total. The zero-order valence-electron chi connectivity index (χ0n) is 14.6. The standard InChI is InChI=1S/C16H26N4O.CH2O2/c1-15(2)6-3-8-18-9-5-10-19(13-12-18)16(21)14-20-11-4-7-17-20;2-1-3/h4,6-7,11H,3,5,8-10,12-14H2,1-2H3;1H,(H,2,3). The molecule has 1 amide bonds. The summed E-state index contributed by atoms with van der Waals surface area (Å²) in [6, 6.07) is 1.85. The van der Waals surface area contributed by atoms with E-state index in [1.54, 1.807) is 10.9 Å². The number of allylic oxidation sites excluding steroid dienone is 1. The number of carbonyl (C=O) groups is 2. The third-order valence-corrected chi connectivity index (χ3v) is 3.80. The number of carbonyl (C=O) groups excluding carboxylic acids is 1. The van der Waals surface area contributed by atoms with Gasteiger partial charge < -0.3 is 14.9 Å². The molecule has 1 aliphatic heterocycles. The summed E-state index contributed by atoms with van der Waals surface area (Å²) in [5.41, 5.74) is 1.38. The summed E-state index contributed by atoms with van der Waals surface area (Å²) < 4.78 is 1.69. The van der Waals surface area contributed by atoms with Crippen LogP contribution >= 0.6 is 0 Å². The number of aromatic nitrogens is 2. The van der Waals surface area contributed by atoms with E-state index in [2.05, 4.69) is 29.9 Å². The summed E-state index contributed by atoms with van der Waals surface area (Å²) in [4.78, 5) is 25.1. The number of nitrogens with zero attached hydrogens (tertiary/aromatic N) is 4. The van der Waals surface area contributed by atoms with Gasteiger partial charge in [-0.05, 0) is 39.3 Å². The SMILES string of the molecule is CC(C)=CCCN1CCCN(C(=O)Cn2cccn2)CC1.O=CO. The Bertz CT molecular complexity index is 510. The number of carboxylic acid groups (broad SMARTS) is 1. The molecule has 2 rings (SSSR count). The van der Waals surface area contributed by atoms with Crippen LogP contribution in [0.5, 0.6) is 0 Å². The first-order valence-electron chi connectivity index (χ1n) is 8.25. The average Bonchev–Trinajstić information content (AvgIpc) is 2.91. The van der Waals surface area contributed by atoms with Crippen molar-refractivity contribution >= 4 is 12.4 Å². The van der Waals surface area contributed by atoms with Crippen molar-refractivity contribution in [3.8, 4) is 0 Å². The molecule has 0 atom stereocenters. The van der Waals surface area contributed by atoms with Gasteiger partial charge in [0.1, 0.15) is 6.54 Å². The number of hydrogen-bond donors (Lipinski definition) is 1. The molecule has 1 aliphatic rings. The molecule has 1 fully saturated rings. The summed E-state index contributed by atoms with van der Waals surface area (Å²) in [5, 5.41) is 11.0. The second-order valence-electron chi connectivity index (χ2n) is 5.96. The van der Waals surface area contributed by atoms with E-state index in [1.807, 2.05) is 17.2 Å². The Morgan fingerprint density at radius 1 is 1.25 bits per heavy atom. The Morgan fingerprint density at radius 2 is 2.00 bits per heavy atom. The largest absolute Gasteiger partial charge is 0.483 e. The van der Waals surface area contributed by atoms with Gasteiger partial charge in [-0.3, -0.25) is 14.3 Å². The van der Waals surface area contributed by atoms with E-state index in [9.17, 15) is 4.79 Å². The molecule has 1 aromatic heterocycles. The van der Waals surface area contributed by atoms with Gasteiger partial charge in [-0.1, -0.05) is 11.6 Å². The molecule has 0 bridgehead atoms. The maximum absolute atomic E-state index is 12.3. The third-order valence-electron chi connectivity index (χ3n) is 3.80. The highest BCUT2D eigenvalue weighted by Crippen LogP contribution is 2.06. The van der Waals surface area contributed by atoms with Crippen LogP contribution in [0.15, 0.2) is 30.1 Å². The van der Waals surface area contributed by atoms with Gasteiger partial charge in [-0.25, -0.2) is 0 Å². The Morgan fingerprint density at radius 3 is 2.62 bits per heavy atom. The van der Waals surface area contributed by atoms with Gasteiger partial charge in [-0.15, -0.1) is 0 Å². The Hall–Kier alpha value is -2.15. The summed E-state index contributed by atoms with van der Waals surface area (Å²) in [5.74, 6) is 0.171. The first kappa shape index (κ1) is 19.9. The van der Waals surface area contributed by atoms with Crippen LogP contribution in [0.25, 0.3) is 0 Å². The van der Waals surface area contributed by atoms with E-state index in [1.165, 1.54) is 5.57 Å². The number of amides is 1. The summed E-state index contributed by atoms with van der Waals surface area (Å²) in [7, 11) is 0. The molecule has 7 nitrogen and oxygen atoms in total. The fourth-order valence-electron chi connectivity index (χ4n) is 2.61. The molecule has 0 saturated carbocycles. The van der Waals surface area contributed by atoms with E-state index < -0.39 is 0 Å². The smallest absolute Gasteiger partial charge is 0.290 e. The zero-order valence-corrected chi connectivity index (χ0v) is 14.6. The van der Waals surface area contributed by atoms with Gasteiger partial charge in [0.05, 0.1) is 0 Å². The lowest BCUT2D eigenvalue weighted by Crippen LogP contribution is -2.37. The highest BCUT2D eigenvalue weighted by atomic mass is 16.3. The third kappa shape index (κ3) is 7.92. The minimum atomic E-state index is -0.250. The molecule has 0 spiro atoms. The lowest BCUT2D eigenvalue weighted by molar-refractivity contribution is -0.132. The molecular formula is C17H28N4O3. The molecule has 134 valence electrons. The molecule has 0 aromatic carbocycles. The monoisotopic (exact) mass is 336 g/mol. The molecule has 1 saturated heterocycles. The quantitative estimate of drug-likeness (QED) is 0.651. The van der Waals surface area contributed by atoms with Crippen molar-refractivity contribution in [1.29, 1.82) is 0 Å². The van der Waals surface area contributed by atoms with Gasteiger partial charge in [0.2, 0.25) is 5.91 Å². The van der Waals surface area contributed by atoms with Crippen LogP contribution in [0, 0.1) is 0 Å². The predicted molar refractivity (Wildman–Crippen MR) is 92.6 cm³/mol. The second kappa shape index (κ2) is 11.4. The van der Waals surface area contributed by atoms with Crippen molar-refractivity contribution in [2.45, 2.75) is 33.2 Å².